The third-order valence-corrected chi connectivity index (χ3v) is 3.26. The van der Waals surface area contributed by atoms with Gasteiger partial charge in [-0.15, -0.1) is 0 Å². The molecule has 0 fully saturated rings. The summed E-state index contributed by atoms with van der Waals surface area (Å²) in [6.45, 7) is 0.301. The highest BCUT2D eigenvalue weighted by molar-refractivity contribution is 6.01. The number of oxime groups is 1. The molecule has 2 heterocycles. The summed E-state index contributed by atoms with van der Waals surface area (Å²) in [5.41, 5.74) is 12.2. The molecule has 0 saturated heterocycles. The molecule has 6 nitrogen and oxygen atoms in total. The van der Waals surface area contributed by atoms with Crippen LogP contribution >= 0.6 is 0 Å². The molecular weight excluding hydrogens is 266 g/mol. The molecule has 0 amide bonds. The lowest BCUT2D eigenvalue weighted by atomic mass is 10.0. The number of pyridine rings is 1. The molecule has 0 saturated carbocycles. The van der Waals surface area contributed by atoms with Crippen LogP contribution in [0.5, 0.6) is 0 Å². The monoisotopic (exact) mass is 279 g/mol. The van der Waals surface area contributed by atoms with Crippen molar-refractivity contribution in [3.8, 4) is 11.3 Å². The SMILES string of the molecule is [N-]=[N+]=NC[C@H]1CC(c2ccc(-c3ccccn3)cc2)=NO1. The average Bonchev–Trinajstić information content (AvgIpc) is 3.03. The normalized spacial score (nSPS) is 16.8. The molecule has 1 aromatic heterocycles. The number of hydrogen-bond donors (Lipinski definition) is 0. The molecule has 1 aliphatic heterocycles. The van der Waals surface area contributed by atoms with Crippen LogP contribution in [-0.2, 0) is 4.84 Å². The highest BCUT2D eigenvalue weighted by Crippen LogP contribution is 2.21. The van der Waals surface area contributed by atoms with Crippen molar-refractivity contribution >= 4 is 5.71 Å². The van der Waals surface area contributed by atoms with E-state index in [9.17, 15) is 0 Å². The van der Waals surface area contributed by atoms with Gasteiger partial charge in [0, 0.05) is 23.1 Å². The van der Waals surface area contributed by atoms with Crippen LogP contribution in [0.25, 0.3) is 21.7 Å². The van der Waals surface area contributed by atoms with Crippen LogP contribution in [0.1, 0.15) is 12.0 Å². The van der Waals surface area contributed by atoms with E-state index in [1.807, 2.05) is 42.5 Å². The molecule has 0 spiro atoms. The Kier molecular flexibility index (Phi) is 3.80. The Morgan fingerprint density at radius 3 is 2.71 bits per heavy atom. The predicted molar refractivity (Wildman–Crippen MR) is 79.7 cm³/mol. The van der Waals surface area contributed by atoms with Crippen LogP contribution in [0.3, 0.4) is 0 Å². The smallest absolute Gasteiger partial charge is 0.138 e. The molecule has 3 rings (SSSR count). The third-order valence-electron chi connectivity index (χ3n) is 3.26. The van der Waals surface area contributed by atoms with Crippen molar-refractivity contribution in [1.29, 1.82) is 0 Å². The molecular formula is C15H13N5O. The van der Waals surface area contributed by atoms with Gasteiger partial charge in [0.15, 0.2) is 0 Å². The summed E-state index contributed by atoms with van der Waals surface area (Å²) in [5, 5.41) is 7.57. The quantitative estimate of drug-likeness (QED) is 0.487. The first-order valence-corrected chi connectivity index (χ1v) is 6.62. The number of nitrogens with zero attached hydrogens (tertiary/aromatic N) is 5. The summed E-state index contributed by atoms with van der Waals surface area (Å²) in [6.07, 6.45) is 2.27. The molecule has 2 aromatic rings. The second kappa shape index (κ2) is 6.07. The van der Waals surface area contributed by atoms with Gasteiger partial charge in [0.05, 0.1) is 18.0 Å². The van der Waals surface area contributed by atoms with Gasteiger partial charge in [-0.1, -0.05) is 40.6 Å². The Bertz CT molecular complexity index is 690. The topological polar surface area (TPSA) is 83.2 Å². The van der Waals surface area contributed by atoms with Gasteiger partial charge in [0.1, 0.15) is 6.10 Å². The Hall–Kier alpha value is -2.85. The lowest BCUT2D eigenvalue weighted by Gasteiger charge is -2.04. The van der Waals surface area contributed by atoms with E-state index in [2.05, 4.69) is 20.2 Å². The molecule has 1 aliphatic rings. The molecule has 1 atom stereocenters. The van der Waals surface area contributed by atoms with Gasteiger partial charge >= 0.3 is 0 Å². The summed E-state index contributed by atoms with van der Waals surface area (Å²) in [6, 6.07) is 13.9. The molecule has 6 heteroatoms. The Balaban J connectivity index is 1.72. The van der Waals surface area contributed by atoms with E-state index in [0.29, 0.717) is 13.0 Å². The fraction of sp³-hybridized carbons (Fsp3) is 0.200. The second-order valence-corrected chi connectivity index (χ2v) is 4.68. The van der Waals surface area contributed by atoms with E-state index in [1.54, 1.807) is 6.20 Å². The number of rotatable bonds is 4. The zero-order chi connectivity index (χ0) is 14.5. The van der Waals surface area contributed by atoms with Crippen LogP contribution in [0, 0.1) is 0 Å². The van der Waals surface area contributed by atoms with Crippen LogP contribution in [0.2, 0.25) is 0 Å². The lowest BCUT2D eigenvalue weighted by Crippen LogP contribution is -2.11. The largest absolute Gasteiger partial charge is 0.392 e. The molecule has 0 aliphatic carbocycles. The van der Waals surface area contributed by atoms with Gasteiger partial charge < -0.3 is 4.84 Å². The molecule has 0 unspecified atom stereocenters. The standard InChI is InChI=1S/C15H13N5O/c16-20-18-10-13-9-15(19-21-13)12-6-4-11(5-7-12)14-3-1-2-8-17-14/h1-8,13H,9-10H2/t13-/m1/s1. The van der Waals surface area contributed by atoms with Crippen molar-refractivity contribution in [1.82, 2.24) is 4.98 Å². The summed E-state index contributed by atoms with van der Waals surface area (Å²) in [7, 11) is 0. The zero-order valence-electron chi connectivity index (χ0n) is 11.3. The lowest BCUT2D eigenvalue weighted by molar-refractivity contribution is 0.0919. The van der Waals surface area contributed by atoms with Crippen molar-refractivity contribution in [3.05, 3.63) is 64.7 Å². The van der Waals surface area contributed by atoms with Gasteiger partial charge in [0.2, 0.25) is 0 Å². The van der Waals surface area contributed by atoms with Crippen LogP contribution < -0.4 is 0 Å². The van der Waals surface area contributed by atoms with Crippen molar-refractivity contribution in [2.75, 3.05) is 6.54 Å². The predicted octanol–water partition coefficient (Wildman–Crippen LogP) is 3.55. The van der Waals surface area contributed by atoms with Crippen molar-refractivity contribution in [3.63, 3.8) is 0 Å². The first kappa shape index (κ1) is 13.1. The highest BCUT2D eigenvalue weighted by Gasteiger charge is 2.21. The van der Waals surface area contributed by atoms with Gasteiger partial charge in [-0.3, -0.25) is 4.98 Å². The third kappa shape index (κ3) is 3.01. The summed E-state index contributed by atoms with van der Waals surface area (Å²) >= 11 is 0. The van der Waals surface area contributed by atoms with Crippen LogP contribution in [0.4, 0.5) is 0 Å². The first-order chi connectivity index (χ1) is 10.4. The van der Waals surface area contributed by atoms with E-state index in [-0.39, 0.29) is 6.10 Å². The molecule has 0 bridgehead atoms. The van der Waals surface area contributed by atoms with Crippen LogP contribution in [0.15, 0.2) is 58.9 Å². The van der Waals surface area contributed by atoms with E-state index in [1.165, 1.54) is 0 Å². The van der Waals surface area contributed by atoms with Gasteiger partial charge in [-0.2, -0.15) is 0 Å². The maximum atomic E-state index is 8.31. The minimum absolute atomic E-state index is 0.161. The van der Waals surface area contributed by atoms with Crippen LogP contribution in [-0.4, -0.2) is 23.3 Å². The van der Waals surface area contributed by atoms with E-state index >= 15 is 0 Å². The zero-order valence-corrected chi connectivity index (χ0v) is 11.3. The van der Waals surface area contributed by atoms with E-state index in [4.69, 9.17) is 10.4 Å². The molecule has 0 radical (unpaired) electrons. The first-order valence-electron chi connectivity index (χ1n) is 6.62. The summed E-state index contributed by atoms with van der Waals surface area (Å²) < 4.78 is 0. The van der Waals surface area contributed by atoms with E-state index in [0.717, 1.165) is 22.5 Å². The maximum Gasteiger partial charge on any atom is 0.138 e. The van der Waals surface area contributed by atoms with Gasteiger partial charge in [-0.05, 0) is 23.2 Å². The second-order valence-electron chi connectivity index (χ2n) is 4.68. The number of azide groups is 1. The summed E-state index contributed by atoms with van der Waals surface area (Å²) in [4.78, 5) is 12.3. The highest BCUT2D eigenvalue weighted by atomic mass is 16.6. The minimum Gasteiger partial charge on any atom is -0.392 e. The van der Waals surface area contributed by atoms with Crippen molar-refractivity contribution < 1.29 is 4.84 Å². The number of hydrogen-bond acceptors (Lipinski definition) is 4. The maximum absolute atomic E-state index is 8.31. The van der Waals surface area contributed by atoms with Gasteiger partial charge in [-0.25, -0.2) is 0 Å². The average molecular weight is 279 g/mol. The van der Waals surface area contributed by atoms with E-state index < -0.39 is 0 Å². The fourth-order valence-electron chi connectivity index (χ4n) is 2.19. The molecule has 104 valence electrons. The summed E-state index contributed by atoms with van der Waals surface area (Å²) in [5.74, 6) is 0. The Morgan fingerprint density at radius 2 is 2.00 bits per heavy atom. The Morgan fingerprint density at radius 1 is 1.19 bits per heavy atom. The minimum atomic E-state index is -0.161. The molecule has 21 heavy (non-hydrogen) atoms. The number of aromatic nitrogens is 1. The Labute approximate surface area is 121 Å². The fourth-order valence-corrected chi connectivity index (χ4v) is 2.19. The van der Waals surface area contributed by atoms with Gasteiger partial charge in [0.25, 0.3) is 0 Å². The van der Waals surface area contributed by atoms with Crippen molar-refractivity contribution in [2.45, 2.75) is 12.5 Å². The van der Waals surface area contributed by atoms with Crippen molar-refractivity contribution in [2.24, 2.45) is 10.3 Å². The number of benzene rings is 1. The molecule has 1 aromatic carbocycles. The molecule has 0 N–H and O–H groups in total.